The molecule has 0 aliphatic carbocycles. The van der Waals surface area contributed by atoms with Gasteiger partial charge in [0.25, 0.3) is 0 Å². The molecule has 1 aliphatic rings. The van der Waals surface area contributed by atoms with Crippen molar-refractivity contribution in [2.45, 2.75) is 19.4 Å². The summed E-state index contributed by atoms with van der Waals surface area (Å²) in [5.41, 5.74) is 1.70. The maximum absolute atomic E-state index is 9.68. The maximum Gasteiger partial charge on any atom is 0.101 e. The lowest BCUT2D eigenvalue weighted by molar-refractivity contribution is 0.0971. The summed E-state index contributed by atoms with van der Waals surface area (Å²) in [6.07, 6.45) is 0.575. The number of hydrogen-bond donors (Lipinski definition) is 1. The zero-order valence-corrected chi connectivity index (χ0v) is 9.43. The highest BCUT2D eigenvalue weighted by molar-refractivity contribution is 5.59. The van der Waals surface area contributed by atoms with Gasteiger partial charge in [0.2, 0.25) is 0 Å². The van der Waals surface area contributed by atoms with Crippen LogP contribution in [-0.2, 0) is 0 Å². The van der Waals surface area contributed by atoms with Crippen molar-refractivity contribution in [2.24, 2.45) is 5.92 Å². The number of anilines is 1. The van der Waals surface area contributed by atoms with Gasteiger partial charge < -0.3 is 10.0 Å². The van der Waals surface area contributed by atoms with Gasteiger partial charge in [-0.2, -0.15) is 5.26 Å². The molecule has 3 heteroatoms. The molecule has 1 saturated heterocycles. The fraction of sp³-hybridized carbons (Fsp3) is 0.462. The number of aliphatic hydroxyl groups excluding tert-OH is 1. The van der Waals surface area contributed by atoms with Gasteiger partial charge in [-0.3, -0.25) is 0 Å². The van der Waals surface area contributed by atoms with Gasteiger partial charge in [0.05, 0.1) is 17.4 Å². The summed E-state index contributed by atoms with van der Waals surface area (Å²) in [6.45, 7) is 3.69. The Morgan fingerprint density at radius 1 is 1.44 bits per heavy atom. The Bertz CT molecular complexity index is 411. The molecule has 0 saturated carbocycles. The minimum absolute atomic E-state index is 0.203. The second-order valence-corrected chi connectivity index (χ2v) is 4.41. The van der Waals surface area contributed by atoms with E-state index in [1.807, 2.05) is 31.2 Å². The number of piperidine rings is 1. The fourth-order valence-electron chi connectivity index (χ4n) is 2.20. The predicted octanol–water partition coefficient (Wildman–Crippen LogP) is 1.77. The van der Waals surface area contributed by atoms with E-state index in [4.69, 9.17) is 5.26 Å². The highest BCUT2D eigenvalue weighted by Gasteiger charge is 2.25. The Morgan fingerprint density at radius 3 is 2.88 bits per heavy atom. The molecule has 1 aromatic carbocycles. The molecule has 0 amide bonds. The van der Waals surface area contributed by atoms with Crippen LogP contribution in [0.4, 0.5) is 5.69 Å². The summed E-state index contributed by atoms with van der Waals surface area (Å²) in [7, 11) is 0. The first kappa shape index (κ1) is 11.0. The van der Waals surface area contributed by atoms with Gasteiger partial charge in [-0.25, -0.2) is 0 Å². The third-order valence-electron chi connectivity index (χ3n) is 3.23. The number of rotatable bonds is 1. The quantitative estimate of drug-likeness (QED) is 0.778. The van der Waals surface area contributed by atoms with E-state index in [1.165, 1.54) is 0 Å². The van der Waals surface area contributed by atoms with E-state index in [0.29, 0.717) is 5.56 Å². The summed E-state index contributed by atoms with van der Waals surface area (Å²) >= 11 is 0. The van der Waals surface area contributed by atoms with Crippen LogP contribution in [0.1, 0.15) is 18.9 Å². The summed E-state index contributed by atoms with van der Waals surface area (Å²) in [6, 6.07) is 9.86. The highest BCUT2D eigenvalue weighted by atomic mass is 16.3. The van der Waals surface area contributed by atoms with Gasteiger partial charge in [-0.05, 0) is 24.5 Å². The van der Waals surface area contributed by atoms with Crippen molar-refractivity contribution in [3.8, 4) is 6.07 Å². The van der Waals surface area contributed by atoms with Crippen molar-refractivity contribution in [1.29, 1.82) is 5.26 Å². The number of nitriles is 1. The average Bonchev–Trinajstić information content (AvgIpc) is 2.32. The van der Waals surface area contributed by atoms with E-state index in [-0.39, 0.29) is 12.0 Å². The Balaban J connectivity index is 2.22. The molecule has 2 unspecified atom stereocenters. The van der Waals surface area contributed by atoms with E-state index in [1.54, 1.807) is 0 Å². The lowest BCUT2D eigenvalue weighted by Gasteiger charge is -2.36. The summed E-state index contributed by atoms with van der Waals surface area (Å²) in [5, 5.41) is 18.7. The lowest BCUT2D eigenvalue weighted by atomic mass is 9.96. The normalized spacial score (nSPS) is 25.2. The van der Waals surface area contributed by atoms with Gasteiger partial charge in [0.15, 0.2) is 0 Å². The molecule has 0 spiro atoms. The van der Waals surface area contributed by atoms with E-state index < -0.39 is 0 Å². The van der Waals surface area contributed by atoms with Gasteiger partial charge >= 0.3 is 0 Å². The van der Waals surface area contributed by atoms with Crippen molar-refractivity contribution in [2.75, 3.05) is 18.0 Å². The van der Waals surface area contributed by atoms with Crippen LogP contribution in [0.2, 0.25) is 0 Å². The van der Waals surface area contributed by atoms with Crippen LogP contribution in [0, 0.1) is 17.2 Å². The van der Waals surface area contributed by atoms with Gasteiger partial charge in [-0.1, -0.05) is 19.1 Å². The summed E-state index contributed by atoms with van der Waals surface area (Å²) in [4.78, 5) is 2.19. The molecule has 1 fully saturated rings. The first-order valence-corrected chi connectivity index (χ1v) is 5.64. The van der Waals surface area contributed by atoms with Crippen molar-refractivity contribution in [1.82, 2.24) is 0 Å². The largest absolute Gasteiger partial charge is 0.393 e. The van der Waals surface area contributed by atoms with Crippen LogP contribution >= 0.6 is 0 Å². The second-order valence-electron chi connectivity index (χ2n) is 4.41. The molecule has 1 N–H and O–H groups in total. The molecule has 0 radical (unpaired) electrons. The molecule has 0 aromatic heterocycles. The number of para-hydroxylation sites is 1. The van der Waals surface area contributed by atoms with E-state index >= 15 is 0 Å². The van der Waals surface area contributed by atoms with E-state index in [9.17, 15) is 5.11 Å². The molecular weight excluding hydrogens is 200 g/mol. The number of hydrogen-bond acceptors (Lipinski definition) is 3. The topological polar surface area (TPSA) is 47.3 Å². The Kier molecular flexibility index (Phi) is 3.12. The molecule has 1 aliphatic heterocycles. The molecule has 3 nitrogen and oxygen atoms in total. The molecule has 0 bridgehead atoms. The standard InChI is InChI=1S/C13H16N2O/c1-10-9-15(7-6-13(10)16)12-5-3-2-4-11(12)8-14/h2-5,10,13,16H,6-7,9H2,1H3. The van der Waals surface area contributed by atoms with Crippen LogP contribution in [0.25, 0.3) is 0 Å². The van der Waals surface area contributed by atoms with E-state index in [2.05, 4.69) is 11.0 Å². The summed E-state index contributed by atoms with van der Waals surface area (Å²) in [5.74, 6) is 0.264. The molecule has 1 heterocycles. The first-order chi connectivity index (χ1) is 7.72. The highest BCUT2D eigenvalue weighted by Crippen LogP contribution is 2.25. The number of nitrogens with zero attached hydrogens (tertiary/aromatic N) is 2. The van der Waals surface area contributed by atoms with Crippen molar-refractivity contribution < 1.29 is 5.11 Å². The van der Waals surface area contributed by atoms with Gasteiger partial charge in [0.1, 0.15) is 6.07 Å². The molecule has 16 heavy (non-hydrogen) atoms. The third-order valence-corrected chi connectivity index (χ3v) is 3.23. The monoisotopic (exact) mass is 216 g/mol. The zero-order chi connectivity index (χ0) is 11.5. The van der Waals surface area contributed by atoms with Gasteiger partial charge in [0, 0.05) is 13.1 Å². The Hall–Kier alpha value is -1.53. The second kappa shape index (κ2) is 4.54. The molecule has 2 atom stereocenters. The maximum atomic E-state index is 9.68. The summed E-state index contributed by atoms with van der Waals surface area (Å²) < 4.78 is 0. The van der Waals surface area contributed by atoms with Crippen molar-refractivity contribution in [3.63, 3.8) is 0 Å². The van der Waals surface area contributed by atoms with Crippen LogP contribution in [0.3, 0.4) is 0 Å². The van der Waals surface area contributed by atoms with Crippen LogP contribution < -0.4 is 4.90 Å². The molecular formula is C13H16N2O. The van der Waals surface area contributed by atoms with Crippen LogP contribution in [0.15, 0.2) is 24.3 Å². The molecule has 84 valence electrons. The van der Waals surface area contributed by atoms with Crippen LogP contribution in [0.5, 0.6) is 0 Å². The fourth-order valence-corrected chi connectivity index (χ4v) is 2.20. The van der Waals surface area contributed by atoms with E-state index in [0.717, 1.165) is 25.2 Å². The number of aliphatic hydroxyl groups is 1. The SMILES string of the molecule is CC1CN(c2ccccc2C#N)CCC1O. The van der Waals surface area contributed by atoms with Crippen molar-refractivity contribution in [3.05, 3.63) is 29.8 Å². The van der Waals surface area contributed by atoms with Gasteiger partial charge in [-0.15, -0.1) is 0 Å². The predicted molar refractivity (Wildman–Crippen MR) is 63.2 cm³/mol. The third kappa shape index (κ3) is 2.02. The minimum atomic E-state index is -0.203. The Labute approximate surface area is 95.9 Å². The average molecular weight is 216 g/mol. The lowest BCUT2D eigenvalue weighted by Crippen LogP contribution is -2.42. The van der Waals surface area contributed by atoms with Crippen LogP contribution in [-0.4, -0.2) is 24.3 Å². The number of benzene rings is 1. The first-order valence-electron chi connectivity index (χ1n) is 5.64. The minimum Gasteiger partial charge on any atom is -0.393 e. The smallest absolute Gasteiger partial charge is 0.101 e. The Morgan fingerprint density at radius 2 is 2.19 bits per heavy atom. The van der Waals surface area contributed by atoms with Crippen molar-refractivity contribution >= 4 is 5.69 Å². The molecule has 2 rings (SSSR count). The zero-order valence-electron chi connectivity index (χ0n) is 9.43. The molecule has 1 aromatic rings.